The van der Waals surface area contributed by atoms with Gasteiger partial charge in [0.1, 0.15) is 5.82 Å². The van der Waals surface area contributed by atoms with Crippen LogP contribution in [-0.4, -0.2) is 0 Å². The Morgan fingerprint density at radius 1 is 1.50 bits per heavy atom. The quantitative estimate of drug-likeness (QED) is 0.482. The van der Waals surface area contributed by atoms with Gasteiger partial charge in [-0.15, -0.1) is 0 Å². The molecule has 0 fully saturated rings. The van der Waals surface area contributed by atoms with Crippen molar-refractivity contribution >= 4 is 5.69 Å². The minimum absolute atomic E-state index is 0.0972. The van der Waals surface area contributed by atoms with Gasteiger partial charge in [0.05, 0.1) is 6.57 Å². The zero-order valence-electron chi connectivity index (χ0n) is 5.56. The molecule has 1 nitrogen and oxygen atoms in total. The Morgan fingerprint density at radius 2 is 2.20 bits per heavy atom. The first kappa shape index (κ1) is 6.76. The summed E-state index contributed by atoms with van der Waals surface area (Å²) in [6.45, 7) is 8.39. The van der Waals surface area contributed by atoms with Gasteiger partial charge in [0, 0.05) is 0 Å². The molecule has 10 heavy (non-hydrogen) atoms. The van der Waals surface area contributed by atoms with E-state index in [4.69, 9.17) is 6.57 Å². The van der Waals surface area contributed by atoms with Crippen molar-refractivity contribution in [2.24, 2.45) is 0 Å². The van der Waals surface area contributed by atoms with E-state index in [1.165, 1.54) is 12.1 Å². The fourth-order valence-corrected chi connectivity index (χ4v) is 0.708. The minimum Gasteiger partial charge on any atom is -0.235 e. The first-order chi connectivity index (χ1) is 4.74. The summed E-state index contributed by atoms with van der Waals surface area (Å²) >= 11 is 0. The van der Waals surface area contributed by atoms with Crippen LogP contribution in [0.3, 0.4) is 0 Å². The van der Waals surface area contributed by atoms with Gasteiger partial charge in [0.15, 0.2) is 0 Å². The zero-order chi connectivity index (χ0) is 7.56. The molecule has 0 spiro atoms. The average Bonchev–Trinajstić information content (AvgIpc) is 1.94. The van der Waals surface area contributed by atoms with Crippen LogP contribution < -0.4 is 0 Å². The topological polar surface area (TPSA) is 4.36 Å². The molecule has 0 aliphatic heterocycles. The van der Waals surface area contributed by atoms with E-state index in [9.17, 15) is 4.39 Å². The lowest BCUT2D eigenvalue weighted by molar-refractivity contribution is 0.633. The normalized spacial score (nSPS) is 8.90. The second-order valence-corrected chi connectivity index (χ2v) is 2.07. The van der Waals surface area contributed by atoms with Crippen LogP contribution in [-0.2, 0) is 0 Å². The Balaban J connectivity index is 3.25. The summed E-state index contributed by atoms with van der Waals surface area (Å²) in [5.41, 5.74) is 1.01. The van der Waals surface area contributed by atoms with Crippen LogP contribution >= 0.6 is 0 Å². The lowest BCUT2D eigenvalue weighted by atomic mass is 10.2. The highest BCUT2D eigenvalue weighted by molar-refractivity contribution is 5.47. The molecule has 0 aliphatic carbocycles. The fraction of sp³-hybridized carbons (Fsp3) is 0.125. The Bertz CT molecular complexity index is 286. The van der Waals surface area contributed by atoms with Gasteiger partial charge in [0.25, 0.3) is 0 Å². The Hall–Kier alpha value is -1.36. The highest BCUT2D eigenvalue weighted by Gasteiger charge is 1.98. The van der Waals surface area contributed by atoms with Crippen molar-refractivity contribution in [1.29, 1.82) is 0 Å². The summed E-state index contributed by atoms with van der Waals surface area (Å²) in [6.07, 6.45) is 0. The smallest absolute Gasteiger partial charge is 0.222 e. The van der Waals surface area contributed by atoms with E-state index in [0.717, 1.165) is 5.56 Å². The fourth-order valence-electron chi connectivity index (χ4n) is 0.708. The summed E-state index contributed by atoms with van der Waals surface area (Å²) in [5.74, 6) is -0.444. The van der Waals surface area contributed by atoms with Crippen molar-refractivity contribution in [2.45, 2.75) is 6.92 Å². The summed E-state index contributed by atoms with van der Waals surface area (Å²) in [5, 5.41) is 0. The predicted octanol–water partition coefficient (Wildman–Crippen LogP) is 2.68. The predicted molar refractivity (Wildman–Crippen MR) is 37.4 cm³/mol. The van der Waals surface area contributed by atoms with Crippen molar-refractivity contribution in [3.8, 4) is 0 Å². The molecular weight excluding hydrogens is 129 g/mol. The number of nitrogens with zero attached hydrogens (tertiary/aromatic N) is 1. The Labute approximate surface area is 58.9 Å². The maximum absolute atomic E-state index is 12.6. The van der Waals surface area contributed by atoms with Crippen molar-refractivity contribution in [3.05, 3.63) is 41.0 Å². The average molecular weight is 135 g/mol. The molecular formula is C8H6FN. The van der Waals surface area contributed by atoms with E-state index in [-0.39, 0.29) is 5.69 Å². The van der Waals surface area contributed by atoms with Gasteiger partial charge >= 0.3 is 0 Å². The van der Waals surface area contributed by atoms with E-state index in [2.05, 4.69) is 4.85 Å². The molecule has 0 amide bonds. The molecule has 1 rings (SSSR count). The van der Waals surface area contributed by atoms with Gasteiger partial charge < -0.3 is 0 Å². The SMILES string of the molecule is [C-]#[N+]c1cc(C)ccc1[19F]. The van der Waals surface area contributed by atoms with Crippen LogP contribution in [0.2, 0.25) is 0 Å². The number of rotatable bonds is 0. The van der Waals surface area contributed by atoms with Gasteiger partial charge in [-0.2, -0.15) is 0 Å². The molecule has 50 valence electrons. The third-order valence-corrected chi connectivity index (χ3v) is 1.22. The zero-order valence-corrected chi connectivity index (χ0v) is 5.56. The Kier molecular flexibility index (Phi) is 1.68. The molecule has 0 radical (unpaired) electrons. The number of halogens is 1. The molecule has 0 aromatic heterocycles. The first-order valence-corrected chi connectivity index (χ1v) is 2.87. The first-order valence-electron chi connectivity index (χ1n) is 2.87. The summed E-state index contributed by atoms with van der Waals surface area (Å²) in [7, 11) is 0. The number of benzene rings is 1. The molecule has 0 unspecified atom stereocenters. The highest BCUT2D eigenvalue weighted by atomic mass is 19.1. The molecule has 2 heteroatoms. The van der Waals surface area contributed by atoms with E-state index in [1.807, 2.05) is 6.92 Å². The third kappa shape index (κ3) is 1.14. The summed E-state index contributed by atoms with van der Waals surface area (Å²) in [6, 6.07) is 4.48. The number of hydrogen-bond donors (Lipinski definition) is 0. The second-order valence-electron chi connectivity index (χ2n) is 2.07. The van der Waals surface area contributed by atoms with Gasteiger partial charge in [0.2, 0.25) is 5.69 Å². The van der Waals surface area contributed by atoms with Crippen molar-refractivity contribution in [3.63, 3.8) is 0 Å². The van der Waals surface area contributed by atoms with E-state index in [0.29, 0.717) is 0 Å². The molecule has 0 heterocycles. The van der Waals surface area contributed by atoms with E-state index >= 15 is 0 Å². The number of aryl methyl sites for hydroxylation is 1. The van der Waals surface area contributed by atoms with Crippen LogP contribution in [0.5, 0.6) is 0 Å². The molecule has 0 N–H and O–H groups in total. The van der Waals surface area contributed by atoms with E-state index in [1.54, 1.807) is 6.07 Å². The molecule has 0 saturated heterocycles. The molecule has 0 aliphatic rings. The van der Waals surface area contributed by atoms with Crippen LogP contribution in [0.15, 0.2) is 18.2 Å². The monoisotopic (exact) mass is 135 g/mol. The van der Waals surface area contributed by atoms with Crippen molar-refractivity contribution in [2.75, 3.05) is 0 Å². The largest absolute Gasteiger partial charge is 0.235 e. The Morgan fingerprint density at radius 3 is 2.70 bits per heavy atom. The molecule has 0 bridgehead atoms. The van der Waals surface area contributed by atoms with Gasteiger partial charge in [-0.3, -0.25) is 0 Å². The van der Waals surface area contributed by atoms with Crippen LogP contribution in [0.4, 0.5) is 10.1 Å². The van der Waals surface area contributed by atoms with Crippen LogP contribution in [0, 0.1) is 19.3 Å². The third-order valence-electron chi connectivity index (χ3n) is 1.22. The van der Waals surface area contributed by atoms with Crippen molar-refractivity contribution in [1.82, 2.24) is 0 Å². The van der Waals surface area contributed by atoms with Crippen LogP contribution in [0.25, 0.3) is 4.85 Å². The molecule has 0 atom stereocenters. The lowest BCUT2D eigenvalue weighted by Crippen LogP contribution is -1.74. The van der Waals surface area contributed by atoms with Crippen molar-refractivity contribution < 1.29 is 4.39 Å². The van der Waals surface area contributed by atoms with Gasteiger partial charge in [-0.05, 0) is 13.0 Å². The summed E-state index contributed by atoms with van der Waals surface area (Å²) in [4.78, 5) is 3.01. The van der Waals surface area contributed by atoms with E-state index < -0.39 is 5.82 Å². The van der Waals surface area contributed by atoms with Crippen LogP contribution in [0.1, 0.15) is 5.56 Å². The molecule has 1 aromatic carbocycles. The lowest BCUT2D eigenvalue weighted by Gasteiger charge is -1.93. The second kappa shape index (κ2) is 2.49. The summed E-state index contributed by atoms with van der Waals surface area (Å²) < 4.78 is 12.6. The maximum Gasteiger partial charge on any atom is 0.222 e. The standard InChI is InChI=1S/C8H6FN/c1-6-3-4-7(9)8(5-6)10-2/h3-5H,1H3/i9+0. The molecule has 0 saturated carbocycles. The highest BCUT2D eigenvalue weighted by Crippen LogP contribution is 2.18. The minimum atomic E-state index is -0.444. The van der Waals surface area contributed by atoms with Gasteiger partial charge in [-0.1, -0.05) is 17.7 Å². The maximum atomic E-state index is 12.6. The van der Waals surface area contributed by atoms with Gasteiger partial charge in [-0.25, -0.2) is 9.24 Å². The molecule has 1 aromatic rings. The number of hydrogen-bond acceptors (Lipinski definition) is 0.